The van der Waals surface area contributed by atoms with Crippen molar-refractivity contribution in [3.8, 4) is 0 Å². The van der Waals surface area contributed by atoms with E-state index in [0.717, 1.165) is 16.7 Å². The number of nitrogens with zero attached hydrogens (tertiary/aromatic N) is 2. The average Bonchev–Trinajstić information content (AvgIpc) is 2.80. The molecule has 0 aliphatic rings. The first-order valence-corrected chi connectivity index (χ1v) is 6.14. The molecule has 0 bridgehead atoms. The number of carbonyl (C=O) groups is 1. The Kier molecular flexibility index (Phi) is 3.64. The molecule has 2 aromatic rings. The van der Waals surface area contributed by atoms with Gasteiger partial charge in [-0.05, 0) is 38.8 Å². The molecule has 0 fully saturated rings. The Balaban J connectivity index is 2.21. The Morgan fingerprint density at radius 1 is 1.26 bits per heavy atom. The van der Waals surface area contributed by atoms with Gasteiger partial charge in [0, 0.05) is 5.56 Å². The predicted octanol–water partition coefficient (Wildman–Crippen LogP) is 2.49. The second-order valence-electron chi connectivity index (χ2n) is 4.76. The van der Waals surface area contributed by atoms with Gasteiger partial charge in [0.2, 0.25) is 6.39 Å². The summed E-state index contributed by atoms with van der Waals surface area (Å²) in [6.45, 7) is 7.72. The third-order valence-electron chi connectivity index (χ3n) is 3.02. The molecule has 1 heterocycles. The van der Waals surface area contributed by atoms with Gasteiger partial charge in [-0.2, -0.15) is 4.98 Å². The monoisotopic (exact) mass is 259 g/mol. The van der Waals surface area contributed by atoms with Crippen LogP contribution in [0.15, 0.2) is 23.0 Å². The summed E-state index contributed by atoms with van der Waals surface area (Å²) >= 11 is 0. The van der Waals surface area contributed by atoms with Crippen molar-refractivity contribution in [3.63, 3.8) is 0 Å². The van der Waals surface area contributed by atoms with Crippen LogP contribution in [0.4, 0.5) is 0 Å². The molecule has 19 heavy (non-hydrogen) atoms. The summed E-state index contributed by atoms with van der Waals surface area (Å²) in [6.07, 6.45) is 1.25. The molecule has 0 unspecified atom stereocenters. The molecule has 5 heteroatoms. The Labute approximate surface area is 112 Å². The summed E-state index contributed by atoms with van der Waals surface area (Å²) in [5, 5.41) is 6.60. The maximum atomic E-state index is 12.3. The number of nitrogens with one attached hydrogen (secondary N) is 1. The van der Waals surface area contributed by atoms with E-state index in [1.807, 2.05) is 39.8 Å². The summed E-state index contributed by atoms with van der Waals surface area (Å²) in [4.78, 5) is 16.2. The summed E-state index contributed by atoms with van der Waals surface area (Å²) in [7, 11) is 0. The second-order valence-corrected chi connectivity index (χ2v) is 4.76. The molecule has 0 radical (unpaired) electrons. The van der Waals surface area contributed by atoms with E-state index in [-0.39, 0.29) is 11.9 Å². The number of hydrogen-bond acceptors (Lipinski definition) is 4. The van der Waals surface area contributed by atoms with E-state index in [0.29, 0.717) is 11.4 Å². The van der Waals surface area contributed by atoms with Gasteiger partial charge in [-0.3, -0.25) is 4.79 Å². The zero-order chi connectivity index (χ0) is 14.0. The lowest BCUT2D eigenvalue weighted by Gasteiger charge is -2.14. The van der Waals surface area contributed by atoms with Gasteiger partial charge in [0.05, 0.1) is 6.04 Å². The van der Waals surface area contributed by atoms with Crippen LogP contribution < -0.4 is 5.32 Å². The predicted molar refractivity (Wildman–Crippen MR) is 70.8 cm³/mol. The van der Waals surface area contributed by atoms with Crippen molar-refractivity contribution >= 4 is 5.91 Å². The Bertz CT molecular complexity index is 568. The van der Waals surface area contributed by atoms with E-state index >= 15 is 0 Å². The second kappa shape index (κ2) is 5.22. The SMILES string of the molecule is Cc1cc(C)c(C(=O)N[C@@H](C)c2ncon2)c(C)c1. The third kappa shape index (κ3) is 2.81. The maximum absolute atomic E-state index is 12.3. The Morgan fingerprint density at radius 2 is 1.89 bits per heavy atom. The molecule has 100 valence electrons. The highest BCUT2D eigenvalue weighted by atomic mass is 16.5. The standard InChI is InChI=1S/C14H17N3O2/c1-8-5-9(2)12(10(3)6-8)14(18)16-11(4)13-15-7-19-17-13/h5-7,11H,1-4H3,(H,16,18)/t11-/m0/s1. The number of rotatable bonds is 3. The smallest absolute Gasteiger partial charge is 0.252 e. The molecule has 0 spiro atoms. The van der Waals surface area contributed by atoms with Crippen molar-refractivity contribution in [1.29, 1.82) is 0 Å². The van der Waals surface area contributed by atoms with E-state index in [2.05, 4.69) is 20.0 Å². The van der Waals surface area contributed by atoms with E-state index in [4.69, 9.17) is 0 Å². The largest absolute Gasteiger partial charge is 0.343 e. The van der Waals surface area contributed by atoms with Gasteiger partial charge in [0.15, 0.2) is 5.82 Å². The molecule has 0 saturated heterocycles. The van der Waals surface area contributed by atoms with Gasteiger partial charge >= 0.3 is 0 Å². The Hall–Kier alpha value is -2.17. The number of aromatic nitrogens is 2. The quantitative estimate of drug-likeness (QED) is 0.919. The minimum Gasteiger partial charge on any atom is -0.343 e. The van der Waals surface area contributed by atoms with E-state index in [1.54, 1.807) is 0 Å². The number of amides is 1. The van der Waals surface area contributed by atoms with Crippen molar-refractivity contribution in [2.24, 2.45) is 0 Å². The fourth-order valence-corrected chi connectivity index (χ4v) is 2.24. The van der Waals surface area contributed by atoms with Gasteiger partial charge in [-0.25, -0.2) is 0 Å². The van der Waals surface area contributed by atoms with E-state index in [1.165, 1.54) is 6.39 Å². The van der Waals surface area contributed by atoms with Crippen molar-refractivity contribution in [3.05, 3.63) is 46.6 Å². The normalized spacial score (nSPS) is 12.2. The topological polar surface area (TPSA) is 68.0 Å². The molecule has 1 aromatic heterocycles. The lowest BCUT2D eigenvalue weighted by Crippen LogP contribution is -2.28. The molecule has 1 amide bonds. The van der Waals surface area contributed by atoms with Gasteiger partial charge in [-0.1, -0.05) is 22.9 Å². The first kappa shape index (κ1) is 13.3. The molecule has 0 saturated carbocycles. The van der Waals surface area contributed by atoms with Crippen LogP contribution in [0, 0.1) is 20.8 Å². The molecule has 0 aliphatic carbocycles. The fraction of sp³-hybridized carbons (Fsp3) is 0.357. The Morgan fingerprint density at radius 3 is 2.42 bits per heavy atom. The van der Waals surface area contributed by atoms with Crippen molar-refractivity contribution < 1.29 is 9.32 Å². The number of carbonyl (C=O) groups excluding carboxylic acids is 1. The highest BCUT2D eigenvalue weighted by Crippen LogP contribution is 2.17. The lowest BCUT2D eigenvalue weighted by molar-refractivity contribution is 0.0936. The molecule has 1 N–H and O–H groups in total. The van der Waals surface area contributed by atoms with Gasteiger partial charge in [-0.15, -0.1) is 0 Å². The zero-order valence-corrected chi connectivity index (χ0v) is 11.5. The van der Waals surface area contributed by atoms with Gasteiger partial charge in [0.1, 0.15) is 0 Å². The van der Waals surface area contributed by atoms with Crippen LogP contribution in [0.3, 0.4) is 0 Å². The summed E-state index contributed by atoms with van der Waals surface area (Å²) in [6, 6.07) is 3.72. The maximum Gasteiger partial charge on any atom is 0.252 e. The lowest BCUT2D eigenvalue weighted by atomic mass is 9.99. The van der Waals surface area contributed by atoms with Crippen LogP contribution in [0.5, 0.6) is 0 Å². The van der Waals surface area contributed by atoms with Crippen LogP contribution in [-0.2, 0) is 0 Å². The molecule has 5 nitrogen and oxygen atoms in total. The average molecular weight is 259 g/mol. The number of aryl methyl sites for hydroxylation is 3. The van der Waals surface area contributed by atoms with Crippen molar-refractivity contribution in [1.82, 2.24) is 15.5 Å². The van der Waals surface area contributed by atoms with Crippen LogP contribution in [-0.4, -0.2) is 16.0 Å². The van der Waals surface area contributed by atoms with Crippen LogP contribution in [0.25, 0.3) is 0 Å². The zero-order valence-electron chi connectivity index (χ0n) is 11.5. The number of benzene rings is 1. The summed E-state index contributed by atoms with van der Waals surface area (Å²) < 4.78 is 4.67. The number of hydrogen-bond donors (Lipinski definition) is 1. The summed E-state index contributed by atoms with van der Waals surface area (Å²) in [5.41, 5.74) is 3.80. The fourth-order valence-electron chi connectivity index (χ4n) is 2.24. The minimum atomic E-state index is -0.286. The third-order valence-corrected chi connectivity index (χ3v) is 3.02. The highest BCUT2D eigenvalue weighted by Gasteiger charge is 2.18. The molecule has 2 rings (SSSR count). The molecular weight excluding hydrogens is 242 g/mol. The molecule has 1 aromatic carbocycles. The molecular formula is C14H17N3O2. The minimum absolute atomic E-state index is 0.118. The van der Waals surface area contributed by atoms with Crippen LogP contribution in [0.1, 0.15) is 45.8 Å². The van der Waals surface area contributed by atoms with Gasteiger partial charge in [0.25, 0.3) is 5.91 Å². The van der Waals surface area contributed by atoms with E-state index in [9.17, 15) is 4.79 Å². The van der Waals surface area contributed by atoms with Crippen LogP contribution in [0.2, 0.25) is 0 Å². The summed E-state index contributed by atoms with van der Waals surface area (Å²) in [5.74, 6) is 0.350. The molecule has 0 aliphatic heterocycles. The van der Waals surface area contributed by atoms with E-state index < -0.39 is 0 Å². The first-order chi connectivity index (χ1) is 8.99. The van der Waals surface area contributed by atoms with Crippen LogP contribution >= 0.6 is 0 Å². The van der Waals surface area contributed by atoms with Crippen molar-refractivity contribution in [2.75, 3.05) is 0 Å². The molecule has 1 atom stereocenters. The van der Waals surface area contributed by atoms with Crippen molar-refractivity contribution in [2.45, 2.75) is 33.7 Å². The first-order valence-electron chi connectivity index (χ1n) is 6.14. The van der Waals surface area contributed by atoms with Gasteiger partial charge < -0.3 is 9.84 Å². The highest BCUT2D eigenvalue weighted by molar-refractivity contribution is 5.97.